The van der Waals surface area contributed by atoms with Crippen LogP contribution in [0.1, 0.15) is 38.7 Å². The molecule has 34 heavy (non-hydrogen) atoms. The Morgan fingerprint density at radius 1 is 1.21 bits per heavy atom. The molecule has 5 rings (SSSR count). The molecule has 174 valence electrons. The average Bonchev–Trinajstić information content (AvgIpc) is 3.43. The Balaban J connectivity index is 1.32. The number of hydrogen-bond acceptors (Lipinski definition) is 6. The molecule has 1 N–H and O–H groups in total. The van der Waals surface area contributed by atoms with Crippen LogP contribution in [-0.4, -0.2) is 47.9 Å². The monoisotopic (exact) mass is 475 g/mol. The highest BCUT2D eigenvalue weighted by molar-refractivity contribution is 7.15. The number of benzene rings is 2. The number of rotatable bonds is 8. The van der Waals surface area contributed by atoms with Crippen LogP contribution in [0.5, 0.6) is 5.75 Å². The van der Waals surface area contributed by atoms with Gasteiger partial charge in [0.2, 0.25) is 0 Å². The number of aromatic nitrogens is 1. The van der Waals surface area contributed by atoms with E-state index in [1.54, 1.807) is 31.6 Å². The highest BCUT2D eigenvalue weighted by Gasteiger charge is 2.35. The summed E-state index contributed by atoms with van der Waals surface area (Å²) in [6.07, 6.45) is 3.50. The molecule has 0 atom stereocenters. The first-order valence-corrected chi connectivity index (χ1v) is 12.0. The first kappa shape index (κ1) is 22.2. The molecule has 0 unspecified atom stereocenters. The summed E-state index contributed by atoms with van der Waals surface area (Å²) in [6.45, 7) is 2.68. The summed E-state index contributed by atoms with van der Waals surface area (Å²) in [6, 6.07) is 15.0. The van der Waals surface area contributed by atoms with Crippen LogP contribution in [0.15, 0.2) is 59.2 Å². The van der Waals surface area contributed by atoms with Gasteiger partial charge in [-0.25, -0.2) is 4.98 Å². The number of furan rings is 1. The molecule has 0 bridgehead atoms. The molecule has 1 fully saturated rings. The molecule has 1 saturated carbocycles. The second kappa shape index (κ2) is 9.30. The second-order valence-electron chi connectivity index (χ2n) is 8.27. The molecule has 2 aromatic carbocycles. The zero-order valence-corrected chi connectivity index (χ0v) is 19.9. The fourth-order valence-corrected chi connectivity index (χ4v) is 4.99. The molecule has 0 spiro atoms. The smallest absolute Gasteiger partial charge is 0.274 e. The zero-order valence-electron chi connectivity index (χ0n) is 19.0. The van der Waals surface area contributed by atoms with Crippen molar-refractivity contribution in [1.29, 1.82) is 0 Å². The third-order valence-electron chi connectivity index (χ3n) is 5.90. The molecule has 2 aromatic heterocycles. The molecule has 0 aliphatic heterocycles. The van der Waals surface area contributed by atoms with E-state index in [1.807, 2.05) is 42.2 Å². The van der Waals surface area contributed by atoms with Gasteiger partial charge in [0.15, 0.2) is 0 Å². The number of aryl methyl sites for hydroxylation is 1. The lowest BCUT2D eigenvalue weighted by molar-refractivity contribution is 0.0732. The number of ether oxygens (including phenoxy) is 1. The highest BCUT2D eigenvalue weighted by atomic mass is 32.1. The summed E-state index contributed by atoms with van der Waals surface area (Å²) in [4.78, 5) is 33.6. The third-order valence-corrected chi connectivity index (χ3v) is 6.92. The van der Waals surface area contributed by atoms with Gasteiger partial charge in [-0.15, -0.1) is 11.3 Å². The van der Waals surface area contributed by atoms with Crippen LogP contribution in [0.2, 0.25) is 0 Å². The molecule has 8 heteroatoms. The Morgan fingerprint density at radius 3 is 2.82 bits per heavy atom. The number of nitrogens with one attached hydrogen (secondary N) is 1. The molecule has 1 aliphatic carbocycles. The van der Waals surface area contributed by atoms with Gasteiger partial charge >= 0.3 is 0 Å². The van der Waals surface area contributed by atoms with E-state index in [-0.39, 0.29) is 17.9 Å². The Labute approximate surface area is 201 Å². The minimum Gasteiger partial charge on any atom is -0.497 e. The van der Waals surface area contributed by atoms with Crippen LogP contribution in [0.4, 0.5) is 0 Å². The van der Waals surface area contributed by atoms with Crippen molar-refractivity contribution in [1.82, 2.24) is 15.2 Å². The Hall–Kier alpha value is -3.65. The minimum absolute atomic E-state index is 0.101. The van der Waals surface area contributed by atoms with Gasteiger partial charge < -0.3 is 19.4 Å². The van der Waals surface area contributed by atoms with Crippen molar-refractivity contribution in [2.75, 3.05) is 20.2 Å². The zero-order chi connectivity index (χ0) is 23.7. The maximum atomic E-state index is 13.6. The minimum atomic E-state index is -0.184. The standard InChI is InChI=1S/C26H25N3O4S/c1-16-28-23(24(34-16)17-5-3-6-19(15-17)32-2)26(31)29(18-9-10-18)13-12-27-25(30)21-7-4-8-22-20(21)11-14-33-22/h3-8,11,14-15,18H,9-10,12-13H2,1-2H3,(H,27,30). The van der Waals surface area contributed by atoms with Gasteiger partial charge in [-0.1, -0.05) is 18.2 Å². The first-order chi connectivity index (χ1) is 16.5. The van der Waals surface area contributed by atoms with Gasteiger partial charge in [0.1, 0.15) is 17.0 Å². The van der Waals surface area contributed by atoms with E-state index in [0.29, 0.717) is 29.9 Å². The van der Waals surface area contributed by atoms with E-state index < -0.39 is 0 Å². The van der Waals surface area contributed by atoms with Crippen LogP contribution in [0.25, 0.3) is 21.4 Å². The first-order valence-electron chi connectivity index (χ1n) is 11.2. The summed E-state index contributed by atoms with van der Waals surface area (Å²) in [5.74, 6) is 0.448. The predicted molar refractivity (Wildman–Crippen MR) is 131 cm³/mol. The fourth-order valence-electron chi connectivity index (χ4n) is 4.08. The third kappa shape index (κ3) is 4.41. The SMILES string of the molecule is COc1cccc(-c2sc(C)nc2C(=O)N(CCNC(=O)c2cccc3occc23)C2CC2)c1. The Bertz CT molecular complexity index is 1360. The lowest BCUT2D eigenvalue weighted by atomic mass is 10.1. The molecule has 1 aliphatic rings. The van der Waals surface area contributed by atoms with E-state index in [1.165, 1.54) is 11.3 Å². The fraction of sp³-hybridized carbons (Fsp3) is 0.269. The van der Waals surface area contributed by atoms with Crippen molar-refractivity contribution < 1.29 is 18.7 Å². The quantitative estimate of drug-likeness (QED) is 0.392. The molecular weight excluding hydrogens is 450 g/mol. The topological polar surface area (TPSA) is 84.7 Å². The molecule has 4 aromatic rings. The van der Waals surface area contributed by atoms with Gasteiger partial charge in [0.05, 0.1) is 28.8 Å². The van der Waals surface area contributed by atoms with Crippen LogP contribution >= 0.6 is 11.3 Å². The number of fused-ring (bicyclic) bond motifs is 1. The number of methoxy groups -OCH3 is 1. The van der Waals surface area contributed by atoms with Gasteiger partial charge in [-0.05, 0) is 55.7 Å². The number of nitrogens with zero attached hydrogens (tertiary/aromatic N) is 2. The molecule has 2 amide bonds. The number of amides is 2. The Kier molecular flexibility index (Phi) is 6.06. The molecule has 0 radical (unpaired) electrons. The summed E-state index contributed by atoms with van der Waals surface area (Å²) in [7, 11) is 1.62. The van der Waals surface area contributed by atoms with Crippen molar-refractivity contribution in [3.8, 4) is 16.2 Å². The number of hydrogen-bond donors (Lipinski definition) is 1. The lowest BCUT2D eigenvalue weighted by Crippen LogP contribution is -2.40. The van der Waals surface area contributed by atoms with E-state index in [4.69, 9.17) is 9.15 Å². The number of carbonyl (C=O) groups excluding carboxylic acids is 2. The average molecular weight is 476 g/mol. The van der Waals surface area contributed by atoms with Crippen LogP contribution in [-0.2, 0) is 0 Å². The molecule has 7 nitrogen and oxygen atoms in total. The van der Waals surface area contributed by atoms with Crippen LogP contribution in [0.3, 0.4) is 0 Å². The largest absolute Gasteiger partial charge is 0.497 e. The van der Waals surface area contributed by atoms with Gasteiger partial charge in [0.25, 0.3) is 11.8 Å². The highest BCUT2D eigenvalue weighted by Crippen LogP contribution is 2.35. The van der Waals surface area contributed by atoms with Gasteiger partial charge in [-0.2, -0.15) is 0 Å². The van der Waals surface area contributed by atoms with Crippen molar-refractivity contribution in [3.63, 3.8) is 0 Å². The van der Waals surface area contributed by atoms with Crippen molar-refractivity contribution in [2.24, 2.45) is 0 Å². The van der Waals surface area contributed by atoms with Crippen molar-refractivity contribution in [2.45, 2.75) is 25.8 Å². The van der Waals surface area contributed by atoms with Gasteiger partial charge in [-0.3, -0.25) is 9.59 Å². The van der Waals surface area contributed by atoms with E-state index in [2.05, 4.69) is 10.3 Å². The maximum absolute atomic E-state index is 13.6. The van der Waals surface area contributed by atoms with Crippen LogP contribution < -0.4 is 10.1 Å². The second-order valence-corrected chi connectivity index (χ2v) is 9.47. The summed E-state index contributed by atoms with van der Waals surface area (Å²) in [5.41, 5.74) is 2.60. The van der Waals surface area contributed by atoms with E-state index >= 15 is 0 Å². The number of thiazole rings is 1. The predicted octanol–water partition coefficient (Wildman–Crippen LogP) is 4.91. The molecule has 2 heterocycles. The lowest BCUT2D eigenvalue weighted by Gasteiger charge is -2.22. The summed E-state index contributed by atoms with van der Waals surface area (Å²) >= 11 is 1.50. The van der Waals surface area contributed by atoms with Crippen molar-refractivity contribution in [3.05, 3.63) is 71.1 Å². The van der Waals surface area contributed by atoms with Crippen molar-refractivity contribution >= 4 is 34.1 Å². The Morgan fingerprint density at radius 2 is 2.03 bits per heavy atom. The van der Waals surface area contributed by atoms with E-state index in [0.717, 1.165) is 39.4 Å². The normalized spacial score (nSPS) is 13.1. The van der Waals surface area contributed by atoms with Gasteiger partial charge in [0, 0.05) is 24.5 Å². The van der Waals surface area contributed by atoms with E-state index in [9.17, 15) is 9.59 Å². The summed E-state index contributed by atoms with van der Waals surface area (Å²) < 4.78 is 10.7. The maximum Gasteiger partial charge on any atom is 0.274 e. The summed E-state index contributed by atoms with van der Waals surface area (Å²) in [5, 5.41) is 4.56. The number of carbonyl (C=O) groups is 2. The molecule has 0 saturated heterocycles. The van der Waals surface area contributed by atoms with Crippen LogP contribution in [0, 0.1) is 6.92 Å². The molecular formula is C26H25N3O4S.